The molecule has 0 radical (unpaired) electrons. The zero-order valence-corrected chi connectivity index (χ0v) is 14.8. The van der Waals surface area contributed by atoms with E-state index >= 15 is 0 Å². The van der Waals surface area contributed by atoms with Gasteiger partial charge >= 0.3 is 0 Å². The van der Waals surface area contributed by atoms with Gasteiger partial charge in [0.15, 0.2) is 5.96 Å². The summed E-state index contributed by atoms with van der Waals surface area (Å²) in [6.45, 7) is 1.75. The molecule has 0 bridgehead atoms. The molecule has 1 amide bonds. The summed E-state index contributed by atoms with van der Waals surface area (Å²) in [5.41, 5.74) is 2.61. The van der Waals surface area contributed by atoms with Crippen LogP contribution in [0.2, 0.25) is 0 Å². The van der Waals surface area contributed by atoms with E-state index in [4.69, 9.17) is 0 Å². The van der Waals surface area contributed by atoms with Gasteiger partial charge in [0.05, 0.1) is 0 Å². The largest absolute Gasteiger partial charge is 0.352 e. The normalized spacial score (nSPS) is 14.6. The lowest BCUT2D eigenvalue weighted by Gasteiger charge is -2.16. The van der Waals surface area contributed by atoms with Crippen LogP contribution in [0.4, 0.5) is 10.1 Å². The van der Waals surface area contributed by atoms with E-state index in [0.717, 1.165) is 24.2 Å². The molecule has 2 N–H and O–H groups in total. The summed E-state index contributed by atoms with van der Waals surface area (Å²) < 4.78 is 13.7. The monoisotopic (exact) mass is 354 g/mol. The van der Waals surface area contributed by atoms with Crippen LogP contribution in [0.25, 0.3) is 0 Å². The van der Waals surface area contributed by atoms with E-state index in [0.29, 0.717) is 31.0 Å². The standard InChI is InChI=1S/C20H23FN4O/c1-22-20(24-14-16-5-2-3-6-18(16)21)23-13-15-8-10-17(11-9-15)25-12-4-7-19(25)26/h2-3,5-6,8-11H,4,7,12-14H2,1H3,(H2,22,23,24). The van der Waals surface area contributed by atoms with Crippen LogP contribution in [0, 0.1) is 5.82 Å². The van der Waals surface area contributed by atoms with Gasteiger partial charge in [-0.1, -0.05) is 30.3 Å². The number of nitrogens with zero attached hydrogens (tertiary/aromatic N) is 2. The molecule has 0 spiro atoms. The van der Waals surface area contributed by atoms with Gasteiger partial charge in [-0.3, -0.25) is 9.79 Å². The lowest BCUT2D eigenvalue weighted by Crippen LogP contribution is -2.36. The Morgan fingerprint density at radius 3 is 2.50 bits per heavy atom. The number of carbonyl (C=O) groups is 1. The van der Waals surface area contributed by atoms with Gasteiger partial charge in [-0.05, 0) is 30.2 Å². The Bertz CT molecular complexity index is 789. The Labute approximate surface area is 152 Å². The first-order valence-electron chi connectivity index (χ1n) is 8.74. The van der Waals surface area contributed by atoms with Crippen molar-refractivity contribution in [2.24, 2.45) is 4.99 Å². The van der Waals surface area contributed by atoms with Crippen molar-refractivity contribution in [3.63, 3.8) is 0 Å². The average molecular weight is 354 g/mol. The molecule has 1 heterocycles. The van der Waals surface area contributed by atoms with E-state index in [-0.39, 0.29) is 11.7 Å². The van der Waals surface area contributed by atoms with Crippen molar-refractivity contribution in [1.82, 2.24) is 10.6 Å². The van der Waals surface area contributed by atoms with Gasteiger partial charge < -0.3 is 15.5 Å². The minimum absolute atomic E-state index is 0.189. The van der Waals surface area contributed by atoms with E-state index in [1.807, 2.05) is 35.2 Å². The molecule has 5 nitrogen and oxygen atoms in total. The maximum atomic E-state index is 13.7. The fourth-order valence-electron chi connectivity index (χ4n) is 2.94. The van der Waals surface area contributed by atoms with Gasteiger partial charge in [0.2, 0.25) is 5.91 Å². The minimum atomic E-state index is -0.234. The molecule has 1 fully saturated rings. The van der Waals surface area contributed by atoms with Crippen LogP contribution < -0.4 is 15.5 Å². The third-order valence-electron chi connectivity index (χ3n) is 4.41. The van der Waals surface area contributed by atoms with Gasteiger partial charge in [-0.2, -0.15) is 0 Å². The van der Waals surface area contributed by atoms with Crippen molar-refractivity contribution >= 4 is 17.6 Å². The minimum Gasteiger partial charge on any atom is -0.352 e. The molecule has 26 heavy (non-hydrogen) atoms. The van der Waals surface area contributed by atoms with Gasteiger partial charge in [0.1, 0.15) is 5.82 Å². The van der Waals surface area contributed by atoms with Gasteiger partial charge in [-0.25, -0.2) is 4.39 Å². The Hall–Kier alpha value is -2.89. The number of amides is 1. The van der Waals surface area contributed by atoms with Gasteiger partial charge in [-0.15, -0.1) is 0 Å². The number of hydrogen-bond donors (Lipinski definition) is 2. The second-order valence-corrected chi connectivity index (χ2v) is 6.19. The van der Waals surface area contributed by atoms with Crippen LogP contribution in [-0.4, -0.2) is 25.5 Å². The predicted octanol–water partition coefficient (Wildman–Crippen LogP) is 2.82. The van der Waals surface area contributed by atoms with Crippen molar-refractivity contribution in [3.05, 3.63) is 65.5 Å². The first-order chi connectivity index (χ1) is 12.7. The molecule has 1 saturated heterocycles. The third-order valence-corrected chi connectivity index (χ3v) is 4.41. The zero-order chi connectivity index (χ0) is 18.4. The van der Waals surface area contributed by atoms with Gasteiger partial charge in [0, 0.05) is 44.4 Å². The number of rotatable bonds is 5. The van der Waals surface area contributed by atoms with Gasteiger partial charge in [0.25, 0.3) is 0 Å². The van der Waals surface area contributed by atoms with Crippen LogP contribution >= 0.6 is 0 Å². The Kier molecular flexibility index (Phi) is 5.84. The number of benzene rings is 2. The van der Waals surface area contributed by atoms with Crippen molar-refractivity contribution in [2.75, 3.05) is 18.5 Å². The molecule has 2 aromatic rings. The third kappa shape index (κ3) is 4.39. The van der Waals surface area contributed by atoms with E-state index in [9.17, 15) is 9.18 Å². The number of hydrogen-bond acceptors (Lipinski definition) is 2. The molecule has 6 heteroatoms. The summed E-state index contributed by atoms with van der Waals surface area (Å²) in [5.74, 6) is 0.558. The molecule has 0 aliphatic carbocycles. The van der Waals surface area contributed by atoms with E-state index in [1.165, 1.54) is 6.07 Å². The van der Waals surface area contributed by atoms with E-state index < -0.39 is 0 Å². The Morgan fingerprint density at radius 2 is 1.85 bits per heavy atom. The summed E-state index contributed by atoms with van der Waals surface area (Å²) >= 11 is 0. The van der Waals surface area contributed by atoms with Crippen LogP contribution in [0.5, 0.6) is 0 Å². The van der Waals surface area contributed by atoms with Crippen LogP contribution in [0.3, 0.4) is 0 Å². The van der Waals surface area contributed by atoms with Crippen molar-refractivity contribution in [3.8, 4) is 0 Å². The second-order valence-electron chi connectivity index (χ2n) is 6.19. The quantitative estimate of drug-likeness (QED) is 0.641. The van der Waals surface area contributed by atoms with Crippen LogP contribution in [0.15, 0.2) is 53.5 Å². The highest BCUT2D eigenvalue weighted by Crippen LogP contribution is 2.21. The summed E-state index contributed by atoms with van der Waals surface area (Å²) in [6.07, 6.45) is 1.56. The number of nitrogens with one attached hydrogen (secondary N) is 2. The summed E-state index contributed by atoms with van der Waals surface area (Å²) in [6, 6.07) is 14.6. The number of anilines is 1. The van der Waals surface area contributed by atoms with Crippen molar-refractivity contribution in [2.45, 2.75) is 25.9 Å². The second kappa shape index (κ2) is 8.47. The number of carbonyl (C=O) groups excluding carboxylic acids is 1. The van der Waals surface area contributed by atoms with E-state index in [1.54, 1.807) is 19.2 Å². The molecular weight excluding hydrogens is 331 g/mol. The van der Waals surface area contributed by atoms with Crippen LogP contribution in [0.1, 0.15) is 24.0 Å². The molecule has 3 rings (SSSR count). The molecule has 0 atom stereocenters. The molecule has 0 unspecified atom stereocenters. The maximum Gasteiger partial charge on any atom is 0.227 e. The molecule has 1 aliphatic rings. The molecule has 0 aromatic heterocycles. The Balaban J connectivity index is 1.52. The fraction of sp³-hybridized carbons (Fsp3) is 0.300. The van der Waals surface area contributed by atoms with Crippen LogP contribution in [-0.2, 0) is 17.9 Å². The number of halogens is 1. The zero-order valence-electron chi connectivity index (χ0n) is 14.8. The topological polar surface area (TPSA) is 56.7 Å². The highest BCUT2D eigenvalue weighted by molar-refractivity contribution is 5.95. The average Bonchev–Trinajstić information content (AvgIpc) is 3.09. The smallest absolute Gasteiger partial charge is 0.227 e. The SMILES string of the molecule is CN=C(NCc1ccc(N2CCCC2=O)cc1)NCc1ccccc1F. The molecule has 136 valence electrons. The molecule has 1 aliphatic heterocycles. The highest BCUT2D eigenvalue weighted by atomic mass is 19.1. The Morgan fingerprint density at radius 1 is 1.12 bits per heavy atom. The highest BCUT2D eigenvalue weighted by Gasteiger charge is 2.21. The summed E-state index contributed by atoms with van der Waals surface area (Å²) in [7, 11) is 1.68. The first kappa shape index (κ1) is 17.9. The summed E-state index contributed by atoms with van der Waals surface area (Å²) in [4.78, 5) is 17.8. The van der Waals surface area contributed by atoms with Crippen molar-refractivity contribution in [1.29, 1.82) is 0 Å². The number of guanidine groups is 1. The molecule has 0 saturated carbocycles. The maximum absolute atomic E-state index is 13.7. The predicted molar refractivity (Wildman–Crippen MR) is 101 cm³/mol. The molecule has 2 aromatic carbocycles. The lowest BCUT2D eigenvalue weighted by molar-refractivity contribution is -0.117. The van der Waals surface area contributed by atoms with E-state index in [2.05, 4.69) is 15.6 Å². The molecular formula is C20H23FN4O. The fourth-order valence-corrected chi connectivity index (χ4v) is 2.94. The first-order valence-corrected chi connectivity index (χ1v) is 8.74. The number of aliphatic imine (C=N–C) groups is 1. The lowest BCUT2D eigenvalue weighted by atomic mass is 10.2. The summed E-state index contributed by atoms with van der Waals surface area (Å²) in [5, 5.41) is 6.31. The van der Waals surface area contributed by atoms with Crippen molar-refractivity contribution < 1.29 is 9.18 Å².